The minimum Gasteiger partial charge on any atom is -0.378 e. The average molecular weight is 538 g/mol. The van der Waals surface area contributed by atoms with Crippen molar-refractivity contribution in [2.45, 2.75) is 19.4 Å². The number of carbonyl (C=O) groups is 2. The summed E-state index contributed by atoms with van der Waals surface area (Å²) in [4.78, 5) is 44.9. The number of para-hydroxylation sites is 1. The standard InChI is InChI=1S/C27H26FN5O4.CH3F/c1-16-11-17(14-29)12-21(27(36)32-7-9-37-10-8-32)25(16)33-6-5-18(15-33)30-26(35)20-13-23(34)31-24-19(20)3-2-4-22(24)28;1-2/h2-4,11-13,18H,5-10,15H2,1H3,(H,30,35)(H,31,34);1H3/t18-;/m1./s1. The monoisotopic (exact) mass is 537 g/mol. The number of aromatic amines is 1. The number of rotatable bonds is 4. The number of hydrogen-bond acceptors (Lipinski definition) is 6. The Bertz CT molecular complexity index is 1490. The fourth-order valence-electron chi connectivity index (χ4n) is 5.14. The van der Waals surface area contributed by atoms with Crippen molar-refractivity contribution in [3.63, 3.8) is 0 Å². The number of amides is 2. The Morgan fingerprint density at radius 3 is 2.59 bits per heavy atom. The third kappa shape index (κ3) is 5.76. The van der Waals surface area contributed by atoms with E-state index in [9.17, 15) is 28.4 Å². The van der Waals surface area contributed by atoms with E-state index < -0.39 is 17.3 Å². The molecule has 3 heterocycles. The number of ether oxygens (including phenoxy) is 1. The smallest absolute Gasteiger partial charge is 0.256 e. The Kier molecular flexibility index (Phi) is 8.56. The molecule has 3 aromatic rings. The van der Waals surface area contributed by atoms with E-state index >= 15 is 0 Å². The highest BCUT2D eigenvalue weighted by atomic mass is 19.1. The zero-order chi connectivity index (χ0) is 28.1. The average Bonchev–Trinajstić information content (AvgIpc) is 3.41. The van der Waals surface area contributed by atoms with Crippen LogP contribution in [-0.4, -0.2) is 74.3 Å². The first-order valence-corrected chi connectivity index (χ1v) is 12.5. The quantitative estimate of drug-likeness (QED) is 0.529. The Labute approximate surface area is 224 Å². The molecule has 2 aromatic carbocycles. The third-order valence-corrected chi connectivity index (χ3v) is 6.87. The second-order valence-corrected chi connectivity index (χ2v) is 9.32. The summed E-state index contributed by atoms with van der Waals surface area (Å²) in [7, 11) is 0.500. The van der Waals surface area contributed by atoms with E-state index in [2.05, 4.69) is 16.4 Å². The molecule has 1 aromatic heterocycles. The molecular formula is C28H29F2N5O4. The number of carbonyl (C=O) groups excluding carboxylic acids is 2. The van der Waals surface area contributed by atoms with Crippen molar-refractivity contribution in [1.29, 1.82) is 5.26 Å². The number of pyridine rings is 1. The molecule has 0 bridgehead atoms. The van der Waals surface area contributed by atoms with Gasteiger partial charge in [-0.2, -0.15) is 5.26 Å². The van der Waals surface area contributed by atoms with Crippen LogP contribution >= 0.6 is 0 Å². The summed E-state index contributed by atoms with van der Waals surface area (Å²) >= 11 is 0. The normalized spacial score (nSPS) is 16.8. The van der Waals surface area contributed by atoms with Crippen LogP contribution in [0.5, 0.6) is 0 Å². The van der Waals surface area contributed by atoms with Crippen molar-refractivity contribution >= 4 is 28.4 Å². The van der Waals surface area contributed by atoms with Crippen LogP contribution in [0.4, 0.5) is 14.5 Å². The largest absolute Gasteiger partial charge is 0.378 e. The van der Waals surface area contributed by atoms with Gasteiger partial charge in [0.1, 0.15) is 5.82 Å². The van der Waals surface area contributed by atoms with Crippen LogP contribution in [0, 0.1) is 24.1 Å². The highest BCUT2D eigenvalue weighted by molar-refractivity contribution is 6.06. The van der Waals surface area contributed by atoms with Crippen LogP contribution in [-0.2, 0) is 4.74 Å². The molecule has 2 amide bonds. The van der Waals surface area contributed by atoms with E-state index in [0.29, 0.717) is 69.5 Å². The number of halogens is 2. The van der Waals surface area contributed by atoms with Gasteiger partial charge in [-0.1, -0.05) is 12.1 Å². The van der Waals surface area contributed by atoms with Gasteiger partial charge in [-0.05, 0) is 37.1 Å². The molecule has 39 heavy (non-hydrogen) atoms. The summed E-state index contributed by atoms with van der Waals surface area (Å²) in [5.74, 6) is -1.22. The molecule has 9 nitrogen and oxygen atoms in total. The number of H-pyrrole nitrogens is 1. The van der Waals surface area contributed by atoms with Crippen molar-refractivity contribution in [3.8, 4) is 6.07 Å². The summed E-state index contributed by atoms with van der Waals surface area (Å²) < 4.78 is 29.1. The zero-order valence-electron chi connectivity index (χ0n) is 21.7. The Hall–Kier alpha value is -4.30. The highest BCUT2D eigenvalue weighted by Crippen LogP contribution is 2.31. The van der Waals surface area contributed by atoms with E-state index in [-0.39, 0.29) is 23.0 Å². The Balaban J connectivity index is 0.00000172. The third-order valence-electron chi connectivity index (χ3n) is 6.87. The van der Waals surface area contributed by atoms with Gasteiger partial charge in [-0.15, -0.1) is 0 Å². The van der Waals surface area contributed by atoms with Crippen molar-refractivity contribution < 1.29 is 23.1 Å². The van der Waals surface area contributed by atoms with E-state index in [1.54, 1.807) is 23.1 Å². The molecule has 0 unspecified atom stereocenters. The van der Waals surface area contributed by atoms with Gasteiger partial charge in [0.05, 0.1) is 54.4 Å². The second kappa shape index (κ2) is 12.0. The van der Waals surface area contributed by atoms with Gasteiger partial charge in [-0.25, -0.2) is 4.39 Å². The number of morpholine rings is 1. The molecule has 2 fully saturated rings. The molecule has 2 aliphatic heterocycles. The topological polar surface area (TPSA) is 119 Å². The predicted octanol–water partition coefficient (Wildman–Crippen LogP) is 2.91. The molecule has 0 radical (unpaired) electrons. The minimum atomic E-state index is -0.606. The van der Waals surface area contributed by atoms with Gasteiger partial charge in [0.25, 0.3) is 11.8 Å². The Morgan fingerprint density at radius 2 is 1.87 bits per heavy atom. The first-order valence-electron chi connectivity index (χ1n) is 12.5. The molecule has 204 valence electrons. The molecule has 2 N–H and O–H groups in total. The summed E-state index contributed by atoms with van der Waals surface area (Å²) in [6.45, 7) is 4.81. The van der Waals surface area contributed by atoms with Crippen molar-refractivity contribution in [2.75, 3.05) is 51.5 Å². The van der Waals surface area contributed by atoms with Gasteiger partial charge < -0.3 is 24.8 Å². The van der Waals surface area contributed by atoms with Crippen molar-refractivity contribution in [1.82, 2.24) is 15.2 Å². The maximum Gasteiger partial charge on any atom is 0.256 e. The number of benzene rings is 2. The molecule has 11 heteroatoms. The molecule has 0 spiro atoms. The number of fused-ring (bicyclic) bond motifs is 1. The fraction of sp³-hybridized carbons (Fsp3) is 0.357. The molecule has 5 rings (SSSR count). The van der Waals surface area contributed by atoms with Crippen LogP contribution in [0.3, 0.4) is 0 Å². The SMILES string of the molecule is CF.Cc1cc(C#N)cc(C(=O)N2CCOCC2)c1N1CC[C@@H](NC(=O)c2cc(=O)[nH]c3c(F)cccc23)C1. The maximum absolute atomic E-state index is 14.2. The molecule has 0 saturated carbocycles. The van der Waals surface area contributed by atoms with E-state index in [1.165, 1.54) is 18.2 Å². The van der Waals surface area contributed by atoms with Crippen LogP contribution in [0.1, 0.15) is 38.3 Å². The lowest BCUT2D eigenvalue weighted by Crippen LogP contribution is -2.42. The molecule has 2 saturated heterocycles. The van der Waals surface area contributed by atoms with Gasteiger partial charge in [0.15, 0.2) is 0 Å². The first kappa shape index (κ1) is 27.7. The van der Waals surface area contributed by atoms with E-state index in [0.717, 1.165) is 11.3 Å². The van der Waals surface area contributed by atoms with Gasteiger partial charge in [0, 0.05) is 43.7 Å². The number of nitrogens with zero attached hydrogens (tertiary/aromatic N) is 3. The molecular weight excluding hydrogens is 508 g/mol. The minimum absolute atomic E-state index is 0.00678. The van der Waals surface area contributed by atoms with Crippen molar-refractivity contribution in [2.24, 2.45) is 0 Å². The number of nitrogens with one attached hydrogen (secondary N) is 2. The lowest BCUT2D eigenvalue weighted by molar-refractivity contribution is 0.0303. The van der Waals surface area contributed by atoms with Crippen molar-refractivity contribution in [3.05, 3.63) is 74.8 Å². The maximum atomic E-state index is 14.2. The van der Waals surface area contributed by atoms with Gasteiger partial charge in [0.2, 0.25) is 5.56 Å². The number of hydrogen-bond donors (Lipinski definition) is 2. The molecule has 0 aliphatic carbocycles. The lowest BCUT2D eigenvalue weighted by atomic mass is 10.0. The van der Waals surface area contributed by atoms with Crippen LogP contribution in [0.15, 0.2) is 41.2 Å². The predicted molar refractivity (Wildman–Crippen MR) is 142 cm³/mol. The van der Waals surface area contributed by atoms with Crippen LogP contribution in [0.2, 0.25) is 0 Å². The fourth-order valence-corrected chi connectivity index (χ4v) is 5.14. The molecule has 2 aliphatic rings. The number of alkyl halides is 1. The summed E-state index contributed by atoms with van der Waals surface area (Å²) in [6.07, 6.45) is 0.617. The first-order chi connectivity index (χ1) is 18.9. The van der Waals surface area contributed by atoms with Crippen LogP contribution < -0.4 is 15.8 Å². The lowest BCUT2D eigenvalue weighted by Gasteiger charge is -2.30. The number of anilines is 1. The van der Waals surface area contributed by atoms with Gasteiger partial charge >= 0.3 is 0 Å². The number of aromatic nitrogens is 1. The number of nitriles is 1. The highest BCUT2D eigenvalue weighted by Gasteiger charge is 2.31. The summed E-state index contributed by atoms with van der Waals surface area (Å²) in [5, 5.41) is 12.8. The molecule has 1 atom stereocenters. The zero-order valence-corrected chi connectivity index (χ0v) is 21.7. The summed E-state index contributed by atoms with van der Waals surface area (Å²) in [5.41, 5.74) is 1.96. The second-order valence-electron chi connectivity index (χ2n) is 9.32. The summed E-state index contributed by atoms with van der Waals surface area (Å²) in [6, 6.07) is 10.8. The number of aryl methyl sites for hydroxylation is 1. The van der Waals surface area contributed by atoms with Gasteiger partial charge in [-0.3, -0.25) is 18.8 Å². The Morgan fingerprint density at radius 1 is 1.13 bits per heavy atom. The van der Waals surface area contributed by atoms with E-state index in [1.807, 2.05) is 11.8 Å². The van der Waals surface area contributed by atoms with Crippen LogP contribution in [0.25, 0.3) is 10.9 Å². The van der Waals surface area contributed by atoms with E-state index in [4.69, 9.17) is 4.74 Å².